The largest absolute Gasteiger partial charge is 0.491 e. The number of ketones is 1. The van der Waals surface area contributed by atoms with Gasteiger partial charge in [0.2, 0.25) is 0 Å². The number of carbonyl (C=O) groups excluding carboxylic acids is 2. The molecule has 4 aliphatic rings. The molecule has 1 aromatic carbocycles. The molecule has 208 valence electrons. The third kappa shape index (κ3) is 4.32. The smallest absolute Gasteiger partial charge is 0.460 e. The van der Waals surface area contributed by atoms with Gasteiger partial charge in [0.25, 0.3) is 0 Å². The Labute approximate surface area is 232 Å². The number of aliphatic hydroxyl groups is 1. The predicted octanol–water partition coefficient (Wildman–Crippen LogP) is 3.64. The maximum atomic E-state index is 13.5. The second kappa shape index (κ2) is 10.3. The highest BCUT2D eigenvalue weighted by Crippen LogP contribution is 2.68. The van der Waals surface area contributed by atoms with E-state index in [1.807, 2.05) is 25.1 Å². The van der Waals surface area contributed by atoms with Gasteiger partial charge in [0.05, 0.1) is 12.7 Å². The first-order valence-corrected chi connectivity index (χ1v) is 13.7. The Bertz CT molecular complexity index is 1120. The van der Waals surface area contributed by atoms with E-state index >= 15 is 0 Å². The summed E-state index contributed by atoms with van der Waals surface area (Å²) in [6, 6.07) is 5.52. The molecule has 1 aliphatic heterocycles. The molecule has 0 aromatic heterocycles. The fraction of sp³-hybridized carbons (Fsp3) is 0.655. The fourth-order valence-corrected chi connectivity index (χ4v) is 8.20. The van der Waals surface area contributed by atoms with Crippen LogP contribution >= 0.6 is 12.4 Å². The monoisotopic (exact) mass is 545 g/mol. The van der Waals surface area contributed by atoms with Gasteiger partial charge < -0.3 is 24.8 Å². The number of ether oxygens (including phenoxy) is 1. The standard InChI is InChI=1S/C29H40BNO6.ClH/c1-6-27(4)14-23(37-24(33)15-31-20-8-7-19-16-36-30(35)21(19)13-20)28(5)17(2)9-11-29(18(3)26(27)34)12-10-22(32)25(28)29;/h6-8,13,17-18,23,25-26,31,34-35H,1,9-12,14-16H2,2-5H3;1H/t17-,18+,23-,25+,26+,27-,28+,29+;/m1./s1. The molecule has 3 saturated carbocycles. The van der Waals surface area contributed by atoms with E-state index in [9.17, 15) is 19.7 Å². The highest BCUT2D eigenvalue weighted by atomic mass is 35.5. The summed E-state index contributed by atoms with van der Waals surface area (Å²) in [4.78, 5) is 26.8. The van der Waals surface area contributed by atoms with Crippen LogP contribution in [0.25, 0.3) is 0 Å². The van der Waals surface area contributed by atoms with Crippen LogP contribution in [0.5, 0.6) is 0 Å². The van der Waals surface area contributed by atoms with Crippen LogP contribution in [-0.2, 0) is 25.6 Å². The van der Waals surface area contributed by atoms with Gasteiger partial charge in [-0.25, -0.2) is 0 Å². The third-order valence-corrected chi connectivity index (χ3v) is 10.8. The second-order valence-corrected chi connectivity index (χ2v) is 12.5. The number of hydrogen-bond donors (Lipinski definition) is 3. The summed E-state index contributed by atoms with van der Waals surface area (Å²) >= 11 is 0. The molecule has 5 rings (SSSR count). The number of Topliss-reactive ketones (excluding diaryl/α,β-unsaturated/α-hetero) is 1. The van der Waals surface area contributed by atoms with E-state index in [4.69, 9.17) is 9.39 Å². The summed E-state index contributed by atoms with van der Waals surface area (Å²) in [5, 5.41) is 24.7. The number of nitrogens with one attached hydrogen (secondary N) is 1. The molecule has 7 nitrogen and oxygen atoms in total. The minimum absolute atomic E-state index is 0. The molecular formula is C29H41BClNO6. The maximum absolute atomic E-state index is 13.5. The molecular weight excluding hydrogens is 505 g/mol. The van der Waals surface area contributed by atoms with E-state index in [0.717, 1.165) is 24.8 Å². The van der Waals surface area contributed by atoms with Crippen molar-refractivity contribution >= 4 is 42.4 Å². The molecule has 2 bridgehead atoms. The van der Waals surface area contributed by atoms with Gasteiger partial charge in [-0.3, -0.25) is 9.59 Å². The summed E-state index contributed by atoms with van der Waals surface area (Å²) in [7, 11) is -0.957. The summed E-state index contributed by atoms with van der Waals surface area (Å²) < 4.78 is 11.5. The second-order valence-electron chi connectivity index (χ2n) is 12.5. The summed E-state index contributed by atoms with van der Waals surface area (Å²) in [6.45, 7) is 12.8. The molecule has 3 fully saturated rings. The number of benzene rings is 1. The summed E-state index contributed by atoms with van der Waals surface area (Å²) in [6.07, 6.45) is 4.14. The van der Waals surface area contributed by atoms with Crippen LogP contribution in [0.2, 0.25) is 0 Å². The van der Waals surface area contributed by atoms with Gasteiger partial charge in [0.15, 0.2) is 0 Å². The van der Waals surface area contributed by atoms with Crippen molar-refractivity contribution in [1.82, 2.24) is 0 Å². The van der Waals surface area contributed by atoms with Crippen molar-refractivity contribution in [2.24, 2.45) is 34.0 Å². The SMILES string of the molecule is C=C[C@]1(C)C[C@@H](OC(=O)CNc2ccc3c(c2)B(O)OC3)[C@]2(C)[C@H](C)CC[C@]3(CCC(=O)[C@H]32)[C@@H](C)[C@@H]1O.Cl. The van der Waals surface area contributed by atoms with E-state index in [1.54, 1.807) is 6.07 Å². The first-order chi connectivity index (χ1) is 17.5. The van der Waals surface area contributed by atoms with Gasteiger partial charge in [-0.1, -0.05) is 39.8 Å². The first-order valence-electron chi connectivity index (χ1n) is 13.7. The normalized spacial score (nSPS) is 39.8. The Kier molecular flexibility index (Phi) is 7.87. The van der Waals surface area contributed by atoms with Crippen LogP contribution < -0.4 is 10.8 Å². The Morgan fingerprint density at radius 2 is 2.05 bits per heavy atom. The maximum Gasteiger partial charge on any atom is 0.491 e. The van der Waals surface area contributed by atoms with Gasteiger partial charge in [0.1, 0.15) is 18.4 Å². The Balaban J connectivity index is 0.00000336. The minimum Gasteiger partial charge on any atom is -0.460 e. The number of hydrogen-bond acceptors (Lipinski definition) is 7. The quantitative estimate of drug-likeness (QED) is 0.295. The zero-order chi connectivity index (χ0) is 26.8. The highest BCUT2D eigenvalue weighted by Gasteiger charge is 2.68. The molecule has 0 radical (unpaired) electrons. The molecule has 3 aliphatic carbocycles. The molecule has 9 heteroatoms. The molecule has 1 heterocycles. The zero-order valence-electron chi connectivity index (χ0n) is 22.9. The summed E-state index contributed by atoms with van der Waals surface area (Å²) in [5.74, 6) is -0.281. The van der Waals surface area contributed by atoms with Gasteiger partial charge in [-0.05, 0) is 66.1 Å². The van der Waals surface area contributed by atoms with Crippen LogP contribution in [-0.4, -0.2) is 47.8 Å². The van der Waals surface area contributed by atoms with Gasteiger partial charge >= 0.3 is 13.1 Å². The number of rotatable bonds is 5. The molecule has 1 aromatic rings. The predicted molar refractivity (Wildman–Crippen MR) is 149 cm³/mol. The van der Waals surface area contributed by atoms with Crippen molar-refractivity contribution in [3.63, 3.8) is 0 Å². The Morgan fingerprint density at radius 1 is 1.32 bits per heavy atom. The molecule has 8 atom stereocenters. The number of aliphatic hydroxyl groups excluding tert-OH is 1. The highest BCUT2D eigenvalue weighted by molar-refractivity contribution is 6.61. The Hall–Kier alpha value is -1.87. The lowest BCUT2D eigenvalue weighted by Gasteiger charge is -2.61. The van der Waals surface area contributed by atoms with E-state index in [1.165, 1.54) is 0 Å². The van der Waals surface area contributed by atoms with Crippen molar-refractivity contribution in [3.8, 4) is 0 Å². The molecule has 3 N–H and O–H groups in total. The first kappa shape index (κ1) is 29.1. The third-order valence-electron chi connectivity index (χ3n) is 10.8. The van der Waals surface area contributed by atoms with E-state index < -0.39 is 36.1 Å². The van der Waals surface area contributed by atoms with Gasteiger partial charge in [-0.2, -0.15) is 0 Å². The number of halogens is 1. The van der Waals surface area contributed by atoms with Crippen molar-refractivity contribution in [2.75, 3.05) is 11.9 Å². The lowest BCUT2D eigenvalue weighted by Crippen LogP contribution is -2.63. The van der Waals surface area contributed by atoms with Crippen LogP contribution in [0, 0.1) is 34.0 Å². The van der Waals surface area contributed by atoms with Crippen LogP contribution in [0.15, 0.2) is 30.9 Å². The lowest BCUT2D eigenvalue weighted by atomic mass is 9.44. The van der Waals surface area contributed by atoms with Crippen molar-refractivity contribution in [2.45, 2.75) is 78.6 Å². The van der Waals surface area contributed by atoms with Crippen molar-refractivity contribution in [1.29, 1.82) is 0 Å². The van der Waals surface area contributed by atoms with E-state index in [2.05, 4.69) is 32.7 Å². The molecule has 0 spiro atoms. The number of carbonyl (C=O) groups is 2. The minimum atomic E-state index is -0.957. The lowest BCUT2D eigenvalue weighted by molar-refractivity contribution is -0.205. The van der Waals surface area contributed by atoms with Crippen molar-refractivity contribution in [3.05, 3.63) is 36.4 Å². The van der Waals surface area contributed by atoms with Crippen LogP contribution in [0.4, 0.5) is 5.69 Å². The van der Waals surface area contributed by atoms with Gasteiger partial charge in [0, 0.05) is 28.9 Å². The molecule has 38 heavy (non-hydrogen) atoms. The van der Waals surface area contributed by atoms with E-state index in [0.29, 0.717) is 30.6 Å². The topological polar surface area (TPSA) is 105 Å². The van der Waals surface area contributed by atoms with Crippen molar-refractivity contribution < 1.29 is 29.1 Å². The average molecular weight is 546 g/mol. The van der Waals surface area contributed by atoms with Crippen LogP contribution in [0.1, 0.15) is 65.4 Å². The van der Waals surface area contributed by atoms with Crippen LogP contribution in [0.3, 0.4) is 0 Å². The average Bonchev–Trinajstić information content (AvgIpc) is 3.43. The number of anilines is 1. The number of esters is 1. The fourth-order valence-electron chi connectivity index (χ4n) is 8.20. The Morgan fingerprint density at radius 3 is 2.76 bits per heavy atom. The zero-order valence-corrected chi connectivity index (χ0v) is 23.7. The van der Waals surface area contributed by atoms with Gasteiger partial charge in [-0.15, -0.1) is 19.0 Å². The van der Waals surface area contributed by atoms with E-state index in [-0.39, 0.29) is 47.9 Å². The molecule has 0 amide bonds. The molecule has 0 unspecified atom stereocenters. The molecule has 0 saturated heterocycles. The number of fused-ring (bicyclic) bond motifs is 1. The summed E-state index contributed by atoms with van der Waals surface area (Å²) in [5.41, 5.74) is 0.836.